The predicted molar refractivity (Wildman–Crippen MR) is 71.3 cm³/mol. The highest BCUT2D eigenvalue weighted by Gasteiger charge is 2.06. The maximum Gasteiger partial charge on any atom is 0.270 e. The van der Waals surface area contributed by atoms with Crippen LogP contribution in [0.15, 0.2) is 42.6 Å². The van der Waals surface area contributed by atoms with Crippen molar-refractivity contribution in [2.75, 3.05) is 0 Å². The van der Waals surface area contributed by atoms with Crippen LogP contribution in [0.2, 0.25) is 0 Å². The van der Waals surface area contributed by atoms with E-state index in [0.29, 0.717) is 12.2 Å². The molecule has 0 aliphatic heterocycles. The molecule has 0 saturated heterocycles. The second-order valence-electron chi connectivity index (χ2n) is 4.33. The highest BCUT2D eigenvalue weighted by molar-refractivity contribution is 5.92. The van der Waals surface area contributed by atoms with Crippen LogP contribution in [0, 0.1) is 13.8 Å². The second kappa shape index (κ2) is 5.45. The SMILES string of the molecule is Cc1ccc(C)c(CNC(=O)c2ccccn2)c1. The number of amides is 1. The van der Waals surface area contributed by atoms with Gasteiger partial charge in [-0.05, 0) is 37.1 Å². The van der Waals surface area contributed by atoms with Gasteiger partial charge in [-0.25, -0.2) is 0 Å². The third-order valence-corrected chi connectivity index (χ3v) is 2.84. The number of hydrogen-bond acceptors (Lipinski definition) is 2. The van der Waals surface area contributed by atoms with Gasteiger partial charge in [-0.2, -0.15) is 0 Å². The molecule has 0 saturated carbocycles. The Labute approximate surface area is 107 Å². The molecule has 2 rings (SSSR count). The molecule has 0 unspecified atom stereocenters. The van der Waals surface area contributed by atoms with Crippen molar-refractivity contribution in [1.29, 1.82) is 0 Å². The van der Waals surface area contributed by atoms with Gasteiger partial charge in [0, 0.05) is 12.7 Å². The van der Waals surface area contributed by atoms with Gasteiger partial charge in [0.1, 0.15) is 5.69 Å². The van der Waals surface area contributed by atoms with Gasteiger partial charge >= 0.3 is 0 Å². The minimum Gasteiger partial charge on any atom is -0.347 e. The molecule has 1 amide bonds. The number of nitrogens with zero attached hydrogens (tertiary/aromatic N) is 1. The normalized spacial score (nSPS) is 10.1. The van der Waals surface area contributed by atoms with Crippen molar-refractivity contribution in [2.45, 2.75) is 20.4 Å². The maximum atomic E-state index is 11.8. The highest BCUT2D eigenvalue weighted by Crippen LogP contribution is 2.10. The van der Waals surface area contributed by atoms with Crippen LogP contribution in [0.5, 0.6) is 0 Å². The average molecular weight is 240 g/mol. The van der Waals surface area contributed by atoms with Crippen LogP contribution in [0.1, 0.15) is 27.2 Å². The number of aryl methyl sites for hydroxylation is 2. The summed E-state index contributed by atoms with van der Waals surface area (Å²) >= 11 is 0. The van der Waals surface area contributed by atoms with E-state index >= 15 is 0 Å². The minimum absolute atomic E-state index is 0.142. The molecule has 1 heterocycles. The summed E-state index contributed by atoms with van der Waals surface area (Å²) in [5.74, 6) is -0.142. The average Bonchev–Trinajstić information content (AvgIpc) is 2.40. The Morgan fingerprint density at radius 3 is 2.78 bits per heavy atom. The molecule has 1 aromatic heterocycles. The molecule has 0 atom stereocenters. The molecule has 0 aliphatic rings. The lowest BCUT2D eigenvalue weighted by Gasteiger charge is -2.08. The number of carbonyl (C=O) groups excluding carboxylic acids is 1. The van der Waals surface area contributed by atoms with Crippen LogP contribution in [-0.4, -0.2) is 10.9 Å². The lowest BCUT2D eigenvalue weighted by Crippen LogP contribution is -2.24. The Bertz CT molecular complexity index is 550. The van der Waals surface area contributed by atoms with Crippen molar-refractivity contribution in [3.05, 3.63) is 65.0 Å². The van der Waals surface area contributed by atoms with Crippen molar-refractivity contribution in [2.24, 2.45) is 0 Å². The molecule has 1 N–H and O–H groups in total. The van der Waals surface area contributed by atoms with Gasteiger partial charge in [0.25, 0.3) is 5.91 Å². The van der Waals surface area contributed by atoms with Crippen LogP contribution in [-0.2, 0) is 6.54 Å². The smallest absolute Gasteiger partial charge is 0.270 e. The van der Waals surface area contributed by atoms with E-state index in [2.05, 4.69) is 28.5 Å². The molecular weight excluding hydrogens is 224 g/mol. The molecule has 2 aromatic rings. The molecule has 0 spiro atoms. The van der Waals surface area contributed by atoms with E-state index in [1.54, 1.807) is 24.4 Å². The summed E-state index contributed by atoms with van der Waals surface area (Å²) in [6.07, 6.45) is 1.62. The van der Waals surface area contributed by atoms with Gasteiger partial charge in [0.05, 0.1) is 0 Å². The molecule has 18 heavy (non-hydrogen) atoms. The molecule has 0 aliphatic carbocycles. The largest absolute Gasteiger partial charge is 0.347 e. The Hall–Kier alpha value is -2.16. The first-order chi connectivity index (χ1) is 8.66. The highest BCUT2D eigenvalue weighted by atomic mass is 16.1. The van der Waals surface area contributed by atoms with E-state index in [9.17, 15) is 4.79 Å². The van der Waals surface area contributed by atoms with Gasteiger partial charge in [-0.3, -0.25) is 9.78 Å². The molecule has 1 aromatic carbocycles. The van der Waals surface area contributed by atoms with Crippen molar-refractivity contribution in [3.8, 4) is 0 Å². The minimum atomic E-state index is -0.142. The fourth-order valence-corrected chi connectivity index (χ4v) is 1.75. The van der Waals surface area contributed by atoms with Crippen LogP contribution in [0.25, 0.3) is 0 Å². The Morgan fingerprint density at radius 2 is 2.06 bits per heavy atom. The van der Waals surface area contributed by atoms with E-state index < -0.39 is 0 Å². The van der Waals surface area contributed by atoms with E-state index in [-0.39, 0.29) is 5.91 Å². The fourth-order valence-electron chi connectivity index (χ4n) is 1.75. The monoisotopic (exact) mass is 240 g/mol. The van der Waals surface area contributed by atoms with Crippen LogP contribution >= 0.6 is 0 Å². The number of nitrogens with one attached hydrogen (secondary N) is 1. The Kier molecular flexibility index (Phi) is 3.72. The first kappa shape index (κ1) is 12.3. The molecular formula is C15H16N2O. The molecule has 0 bridgehead atoms. The van der Waals surface area contributed by atoms with Crippen molar-refractivity contribution >= 4 is 5.91 Å². The number of aromatic nitrogens is 1. The number of rotatable bonds is 3. The second-order valence-corrected chi connectivity index (χ2v) is 4.33. The van der Waals surface area contributed by atoms with Crippen molar-refractivity contribution < 1.29 is 4.79 Å². The number of pyridine rings is 1. The van der Waals surface area contributed by atoms with Crippen LogP contribution < -0.4 is 5.32 Å². The van der Waals surface area contributed by atoms with Crippen LogP contribution in [0.4, 0.5) is 0 Å². The summed E-state index contributed by atoms with van der Waals surface area (Å²) < 4.78 is 0. The summed E-state index contributed by atoms with van der Waals surface area (Å²) in [7, 11) is 0. The zero-order chi connectivity index (χ0) is 13.0. The summed E-state index contributed by atoms with van der Waals surface area (Å²) in [6, 6.07) is 11.5. The van der Waals surface area contributed by atoms with E-state index in [1.807, 2.05) is 13.8 Å². The number of benzene rings is 1. The predicted octanol–water partition coefficient (Wildman–Crippen LogP) is 2.63. The first-order valence-electron chi connectivity index (χ1n) is 5.92. The lowest BCUT2D eigenvalue weighted by molar-refractivity contribution is 0.0946. The van der Waals surface area contributed by atoms with Gasteiger partial charge < -0.3 is 5.32 Å². The topological polar surface area (TPSA) is 42.0 Å². The van der Waals surface area contributed by atoms with Crippen LogP contribution in [0.3, 0.4) is 0 Å². The van der Waals surface area contributed by atoms with Gasteiger partial charge in [-0.1, -0.05) is 29.8 Å². The zero-order valence-electron chi connectivity index (χ0n) is 10.6. The third kappa shape index (κ3) is 2.94. The Balaban J connectivity index is 2.04. The van der Waals surface area contributed by atoms with E-state index in [4.69, 9.17) is 0 Å². The number of hydrogen-bond donors (Lipinski definition) is 1. The van der Waals surface area contributed by atoms with Gasteiger partial charge in [-0.15, -0.1) is 0 Å². The summed E-state index contributed by atoms with van der Waals surface area (Å²) in [5.41, 5.74) is 3.96. The fraction of sp³-hybridized carbons (Fsp3) is 0.200. The molecule has 0 fully saturated rings. The Morgan fingerprint density at radius 1 is 1.22 bits per heavy atom. The summed E-state index contributed by atoms with van der Waals surface area (Å²) in [5, 5.41) is 2.88. The van der Waals surface area contributed by atoms with Crippen molar-refractivity contribution in [3.63, 3.8) is 0 Å². The van der Waals surface area contributed by atoms with Gasteiger partial charge in [0.15, 0.2) is 0 Å². The maximum absolute atomic E-state index is 11.8. The van der Waals surface area contributed by atoms with E-state index in [0.717, 1.165) is 5.56 Å². The lowest BCUT2D eigenvalue weighted by atomic mass is 10.1. The quantitative estimate of drug-likeness (QED) is 0.896. The third-order valence-electron chi connectivity index (χ3n) is 2.84. The standard InChI is InChI=1S/C15H16N2O/c1-11-6-7-12(2)13(9-11)10-17-15(18)14-5-3-4-8-16-14/h3-9H,10H2,1-2H3,(H,17,18). The van der Waals surface area contributed by atoms with Gasteiger partial charge in [0.2, 0.25) is 0 Å². The van der Waals surface area contributed by atoms with Crippen molar-refractivity contribution in [1.82, 2.24) is 10.3 Å². The molecule has 3 nitrogen and oxygen atoms in total. The first-order valence-corrected chi connectivity index (χ1v) is 5.92. The molecule has 0 radical (unpaired) electrons. The van der Waals surface area contributed by atoms with E-state index in [1.165, 1.54) is 11.1 Å². The molecule has 92 valence electrons. The number of carbonyl (C=O) groups is 1. The molecule has 3 heteroatoms. The summed E-state index contributed by atoms with van der Waals surface area (Å²) in [4.78, 5) is 15.9. The zero-order valence-corrected chi connectivity index (χ0v) is 10.6. The summed E-state index contributed by atoms with van der Waals surface area (Å²) in [6.45, 7) is 4.62.